The minimum atomic E-state index is -0.677. The lowest BCUT2D eigenvalue weighted by Gasteiger charge is -2.61. The van der Waals surface area contributed by atoms with Gasteiger partial charge in [0.05, 0.1) is 5.57 Å². The van der Waals surface area contributed by atoms with E-state index in [0.717, 1.165) is 12.8 Å². The standard InChI is InChI=1S/C26H40O3/c1-16(2)10-11-19-14-25(9)15-26(24(19,7)8,13-12-17(3)4)23(29)20(22(25)28)21(27)18(5)6/h10,12,18-19,28H,11,13-15H2,1-9H3/t19-,25+,26-/m1/s1. The van der Waals surface area contributed by atoms with E-state index >= 15 is 0 Å². The molecule has 0 radical (unpaired) electrons. The van der Waals surface area contributed by atoms with Gasteiger partial charge in [-0.1, -0.05) is 57.9 Å². The van der Waals surface area contributed by atoms with E-state index in [4.69, 9.17) is 0 Å². The van der Waals surface area contributed by atoms with Crippen molar-refractivity contribution in [2.75, 3.05) is 0 Å². The van der Waals surface area contributed by atoms with Crippen molar-refractivity contribution >= 4 is 11.6 Å². The molecule has 0 saturated heterocycles. The van der Waals surface area contributed by atoms with Crippen LogP contribution in [0.4, 0.5) is 0 Å². The van der Waals surface area contributed by atoms with E-state index in [1.807, 2.05) is 20.8 Å². The van der Waals surface area contributed by atoms with Gasteiger partial charge in [-0.15, -0.1) is 0 Å². The van der Waals surface area contributed by atoms with Gasteiger partial charge < -0.3 is 5.11 Å². The molecular formula is C26H40O3. The van der Waals surface area contributed by atoms with Gasteiger partial charge in [-0.2, -0.15) is 0 Å². The number of carbonyl (C=O) groups excluding carboxylic acids is 2. The third-order valence-electron chi connectivity index (χ3n) is 7.55. The summed E-state index contributed by atoms with van der Waals surface area (Å²) in [4.78, 5) is 27.0. The minimum Gasteiger partial charge on any atom is -0.511 e. The molecule has 2 aliphatic rings. The largest absolute Gasteiger partial charge is 0.511 e. The van der Waals surface area contributed by atoms with Gasteiger partial charge in [-0.05, 0) is 64.7 Å². The van der Waals surface area contributed by atoms with E-state index < -0.39 is 10.8 Å². The smallest absolute Gasteiger partial charge is 0.176 e. The second-order valence-corrected chi connectivity index (χ2v) is 11.0. The molecule has 0 aliphatic heterocycles. The third-order valence-corrected chi connectivity index (χ3v) is 7.55. The Morgan fingerprint density at radius 2 is 1.66 bits per heavy atom. The van der Waals surface area contributed by atoms with E-state index in [9.17, 15) is 14.7 Å². The first kappa shape index (κ1) is 23.6. The average Bonchev–Trinajstić information content (AvgIpc) is 2.59. The van der Waals surface area contributed by atoms with Crippen molar-refractivity contribution in [3.05, 3.63) is 34.6 Å². The first-order valence-electron chi connectivity index (χ1n) is 11.0. The zero-order valence-electron chi connectivity index (χ0n) is 19.9. The summed E-state index contributed by atoms with van der Waals surface area (Å²) in [6.07, 6.45) is 7.27. The lowest BCUT2D eigenvalue weighted by Crippen LogP contribution is -2.60. The van der Waals surface area contributed by atoms with Crippen molar-refractivity contribution in [3.8, 4) is 0 Å². The second-order valence-electron chi connectivity index (χ2n) is 11.0. The molecule has 3 atom stereocenters. The van der Waals surface area contributed by atoms with Gasteiger partial charge in [0.2, 0.25) is 0 Å². The first-order chi connectivity index (χ1) is 13.2. The van der Waals surface area contributed by atoms with Gasteiger partial charge in [0.25, 0.3) is 0 Å². The predicted molar refractivity (Wildman–Crippen MR) is 120 cm³/mol. The number of Topliss-reactive ketones (excluding diaryl/α,β-unsaturated/α-hetero) is 2. The Balaban J connectivity index is 2.76. The Morgan fingerprint density at radius 3 is 2.14 bits per heavy atom. The highest BCUT2D eigenvalue weighted by Crippen LogP contribution is 2.67. The van der Waals surface area contributed by atoms with Crippen molar-refractivity contribution in [2.24, 2.45) is 28.1 Å². The molecule has 0 aromatic carbocycles. The molecule has 162 valence electrons. The lowest BCUT2D eigenvalue weighted by atomic mass is 9.41. The normalized spacial score (nSPS) is 31.0. The first-order valence-corrected chi connectivity index (χ1v) is 11.0. The van der Waals surface area contributed by atoms with Crippen LogP contribution in [0, 0.1) is 28.1 Å². The Bertz CT molecular complexity index is 785. The minimum absolute atomic E-state index is 0.0340. The number of ketones is 2. The molecule has 3 nitrogen and oxygen atoms in total. The Morgan fingerprint density at radius 1 is 1.10 bits per heavy atom. The summed E-state index contributed by atoms with van der Waals surface area (Å²) in [6, 6.07) is 0. The fourth-order valence-electron chi connectivity index (χ4n) is 5.44. The quantitative estimate of drug-likeness (QED) is 0.396. The Kier molecular flexibility index (Phi) is 6.43. The van der Waals surface area contributed by atoms with Crippen LogP contribution < -0.4 is 0 Å². The van der Waals surface area contributed by atoms with Gasteiger partial charge >= 0.3 is 0 Å². The van der Waals surface area contributed by atoms with Gasteiger partial charge in [0.1, 0.15) is 5.76 Å². The summed E-state index contributed by atoms with van der Waals surface area (Å²) in [6.45, 7) is 18.3. The zero-order chi connectivity index (χ0) is 22.4. The van der Waals surface area contributed by atoms with Crippen molar-refractivity contribution < 1.29 is 14.7 Å². The predicted octanol–water partition coefficient (Wildman–Crippen LogP) is 6.75. The summed E-state index contributed by atoms with van der Waals surface area (Å²) in [5, 5.41) is 11.2. The van der Waals surface area contributed by atoms with E-state index in [2.05, 4.69) is 39.8 Å². The van der Waals surface area contributed by atoms with E-state index in [0.29, 0.717) is 12.8 Å². The maximum atomic E-state index is 14.0. The Labute approximate surface area is 177 Å². The third kappa shape index (κ3) is 3.90. The number of aliphatic hydroxyl groups is 1. The van der Waals surface area contributed by atoms with Crippen molar-refractivity contribution in [3.63, 3.8) is 0 Å². The molecule has 0 unspecified atom stereocenters. The highest BCUT2D eigenvalue weighted by molar-refractivity contribution is 6.23. The van der Waals surface area contributed by atoms with E-state index in [-0.39, 0.29) is 40.1 Å². The van der Waals surface area contributed by atoms with Crippen molar-refractivity contribution in [1.82, 2.24) is 0 Å². The van der Waals surface area contributed by atoms with Crippen LogP contribution in [0.5, 0.6) is 0 Å². The van der Waals surface area contributed by atoms with Gasteiger partial charge in [0.15, 0.2) is 11.6 Å². The number of rotatable bonds is 6. The summed E-state index contributed by atoms with van der Waals surface area (Å²) < 4.78 is 0. The molecule has 1 N–H and O–H groups in total. The van der Waals surface area contributed by atoms with Gasteiger partial charge in [-0.25, -0.2) is 0 Å². The summed E-state index contributed by atoms with van der Waals surface area (Å²) in [5.74, 6) is -0.395. The van der Waals surface area contributed by atoms with E-state index in [1.54, 1.807) is 13.8 Å². The summed E-state index contributed by atoms with van der Waals surface area (Å²) in [7, 11) is 0. The molecule has 0 aromatic heterocycles. The molecule has 0 amide bonds. The van der Waals surface area contributed by atoms with Crippen molar-refractivity contribution in [2.45, 2.75) is 88.0 Å². The molecule has 1 saturated carbocycles. The molecule has 0 heterocycles. The van der Waals surface area contributed by atoms with E-state index in [1.165, 1.54) is 11.1 Å². The van der Waals surface area contributed by atoms with Crippen LogP contribution in [0.3, 0.4) is 0 Å². The molecule has 29 heavy (non-hydrogen) atoms. The monoisotopic (exact) mass is 400 g/mol. The van der Waals surface area contributed by atoms with Crippen LogP contribution in [-0.4, -0.2) is 16.7 Å². The molecule has 3 heteroatoms. The van der Waals surface area contributed by atoms with Gasteiger partial charge in [0, 0.05) is 16.7 Å². The van der Waals surface area contributed by atoms with Gasteiger partial charge in [-0.3, -0.25) is 9.59 Å². The molecule has 0 aromatic rings. The van der Waals surface area contributed by atoms with Crippen LogP contribution in [0.15, 0.2) is 34.6 Å². The number of hydrogen-bond acceptors (Lipinski definition) is 3. The number of hydrogen-bond donors (Lipinski definition) is 1. The molecule has 1 fully saturated rings. The lowest BCUT2D eigenvalue weighted by molar-refractivity contribution is -0.155. The maximum Gasteiger partial charge on any atom is 0.176 e. The van der Waals surface area contributed by atoms with Crippen LogP contribution >= 0.6 is 0 Å². The Hall–Kier alpha value is -1.64. The molecule has 2 aliphatic carbocycles. The topological polar surface area (TPSA) is 54.4 Å². The number of fused-ring (bicyclic) bond motifs is 2. The molecule has 2 rings (SSSR count). The maximum absolute atomic E-state index is 14.0. The summed E-state index contributed by atoms with van der Waals surface area (Å²) in [5.41, 5.74) is 1.01. The molecular weight excluding hydrogens is 360 g/mol. The molecule has 0 spiro atoms. The van der Waals surface area contributed by atoms with Crippen LogP contribution in [0.25, 0.3) is 0 Å². The van der Waals surface area contributed by atoms with Crippen LogP contribution in [0.1, 0.15) is 88.0 Å². The SMILES string of the molecule is CC(C)=CC[C@@H]1C[C@@]2(C)C[C@](CC=C(C)C)(C(=O)C(C(=O)C(C)C)=C2O)C1(C)C. The average molecular weight is 401 g/mol. The highest BCUT2D eigenvalue weighted by Gasteiger charge is 2.65. The highest BCUT2D eigenvalue weighted by atomic mass is 16.3. The second kappa shape index (κ2) is 7.89. The number of carbonyl (C=O) groups is 2. The van der Waals surface area contributed by atoms with Crippen LogP contribution in [-0.2, 0) is 9.59 Å². The zero-order valence-corrected chi connectivity index (χ0v) is 19.9. The van der Waals surface area contributed by atoms with Crippen molar-refractivity contribution in [1.29, 1.82) is 0 Å². The fraction of sp³-hybridized carbons (Fsp3) is 0.692. The number of allylic oxidation sites excluding steroid dienone is 6. The fourth-order valence-corrected chi connectivity index (χ4v) is 5.44. The number of aliphatic hydroxyl groups excluding tert-OH is 1. The van der Waals surface area contributed by atoms with Crippen LogP contribution in [0.2, 0.25) is 0 Å². The summed E-state index contributed by atoms with van der Waals surface area (Å²) >= 11 is 0. The molecule has 2 bridgehead atoms.